The molecular formula is C22H28F3N3O4S. The highest BCUT2D eigenvalue weighted by molar-refractivity contribution is 7.20. The van der Waals surface area contributed by atoms with Gasteiger partial charge in [-0.05, 0) is 52.0 Å². The summed E-state index contributed by atoms with van der Waals surface area (Å²) >= 11 is 1.11. The van der Waals surface area contributed by atoms with Gasteiger partial charge >= 0.3 is 17.8 Å². The zero-order valence-electron chi connectivity index (χ0n) is 19.3. The zero-order chi connectivity index (χ0) is 24.7. The van der Waals surface area contributed by atoms with Crippen molar-refractivity contribution in [3.63, 3.8) is 0 Å². The standard InChI is InChI=1S/C22H28F3N3O4S/c1-12-9-14(12)28-18(30)17-13(2)15(10-26-11-16(29)32-21(3,4)5)33-19(17)27(20(28)31)8-6-7-22(23,24)25/h10,12,14H,6-9,11H2,1-5H3/t12-,14-/m0/s1. The molecule has 1 aliphatic carbocycles. The van der Waals surface area contributed by atoms with E-state index in [0.717, 1.165) is 11.3 Å². The average molecular weight is 488 g/mol. The van der Waals surface area contributed by atoms with Gasteiger partial charge in [0.15, 0.2) is 0 Å². The van der Waals surface area contributed by atoms with Crippen molar-refractivity contribution in [3.05, 3.63) is 31.3 Å². The largest absolute Gasteiger partial charge is 0.459 e. The Kier molecular flexibility index (Phi) is 6.93. The van der Waals surface area contributed by atoms with Crippen LogP contribution in [0.5, 0.6) is 0 Å². The first-order chi connectivity index (χ1) is 15.2. The summed E-state index contributed by atoms with van der Waals surface area (Å²) < 4.78 is 45.7. The van der Waals surface area contributed by atoms with Crippen molar-refractivity contribution < 1.29 is 22.7 Å². The Morgan fingerprint density at radius 3 is 2.45 bits per heavy atom. The van der Waals surface area contributed by atoms with Crippen molar-refractivity contribution in [2.75, 3.05) is 6.54 Å². The summed E-state index contributed by atoms with van der Waals surface area (Å²) in [4.78, 5) is 43.2. The molecule has 1 fully saturated rings. The van der Waals surface area contributed by atoms with E-state index in [4.69, 9.17) is 4.74 Å². The van der Waals surface area contributed by atoms with E-state index in [2.05, 4.69) is 4.99 Å². The lowest BCUT2D eigenvalue weighted by Crippen LogP contribution is -2.39. The third kappa shape index (κ3) is 5.93. The Labute approximate surface area is 192 Å². The second-order valence-corrected chi connectivity index (χ2v) is 10.5. The van der Waals surface area contributed by atoms with Crippen LogP contribution in [0.15, 0.2) is 14.6 Å². The molecule has 0 amide bonds. The van der Waals surface area contributed by atoms with Crippen molar-refractivity contribution in [2.45, 2.75) is 78.2 Å². The van der Waals surface area contributed by atoms with E-state index < -0.39 is 35.4 Å². The van der Waals surface area contributed by atoms with Gasteiger partial charge in [0.05, 0.1) is 10.3 Å². The molecular weight excluding hydrogens is 459 g/mol. The van der Waals surface area contributed by atoms with Crippen molar-refractivity contribution in [2.24, 2.45) is 10.9 Å². The first-order valence-corrected chi connectivity index (χ1v) is 11.6. The van der Waals surface area contributed by atoms with Crippen molar-refractivity contribution in [3.8, 4) is 0 Å². The summed E-state index contributed by atoms with van der Waals surface area (Å²) in [6, 6.07) is -0.244. The van der Waals surface area contributed by atoms with E-state index in [9.17, 15) is 27.6 Å². The number of aromatic nitrogens is 2. The maximum Gasteiger partial charge on any atom is 0.389 e. The van der Waals surface area contributed by atoms with Crippen LogP contribution in [0.4, 0.5) is 13.2 Å². The van der Waals surface area contributed by atoms with Gasteiger partial charge in [-0.15, -0.1) is 11.3 Å². The first kappa shape index (κ1) is 25.2. The van der Waals surface area contributed by atoms with Crippen LogP contribution in [0.2, 0.25) is 0 Å². The molecule has 2 aromatic heterocycles. The van der Waals surface area contributed by atoms with Gasteiger partial charge < -0.3 is 4.74 Å². The third-order valence-electron chi connectivity index (χ3n) is 5.37. The Bertz CT molecular complexity index is 1200. The number of rotatable bonds is 7. The second kappa shape index (κ2) is 9.08. The molecule has 11 heteroatoms. The quantitative estimate of drug-likeness (QED) is 0.433. The molecule has 3 rings (SSSR count). The van der Waals surface area contributed by atoms with E-state index in [-0.39, 0.29) is 31.5 Å². The molecule has 182 valence electrons. The summed E-state index contributed by atoms with van der Waals surface area (Å²) in [6.07, 6.45) is -3.49. The topological polar surface area (TPSA) is 82.7 Å². The summed E-state index contributed by atoms with van der Waals surface area (Å²) in [5, 5.41) is 0.310. The van der Waals surface area contributed by atoms with Gasteiger partial charge in [-0.3, -0.25) is 23.7 Å². The summed E-state index contributed by atoms with van der Waals surface area (Å²) in [5.74, 6) is -0.350. The van der Waals surface area contributed by atoms with Crippen molar-refractivity contribution in [1.82, 2.24) is 9.13 Å². The van der Waals surface area contributed by atoms with Crippen molar-refractivity contribution >= 4 is 33.7 Å². The lowest BCUT2D eigenvalue weighted by Gasteiger charge is -2.18. The number of ether oxygens (including phenoxy) is 1. The monoisotopic (exact) mass is 487 g/mol. The van der Waals surface area contributed by atoms with Crippen molar-refractivity contribution in [1.29, 1.82) is 0 Å². The molecule has 0 radical (unpaired) electrons. The number of thiophene rings is 1. The number of aliphatic imine (C=N–C) groups is 1. The minimum atomic E-state index is -4.33. The number of fused-ring (bicyclic) bond motifs is 1. The molecule has 0 bridgehead atoms. The normalized spacial score (nSPS) is 18.9. The highest BCUT2D eigenvalue weighted by Gasteiger charge is 2.38. The summed E-state index contributed by atoms with van der Waals surface area (Å²) in [7, 11) is 0. The van der Waals surface area contributed by atoms with Crippen LogP contribution in [0.1, 0.15) is 63.4 Å². The molecule has 2 atom stereocenters. The molecule has 33 heavy (non-hydrogen) atoms. The number of esters is 1. The van der Waals surface area contributed by atoms with Crippen LogP contribution in [0, 0.1) is 12.8 Å². The molecule has 2 aromatic rings. The number of nitrogens with zero attached hydrogens (tertiary/aromatic N) is 3. The molecule has 7 nitrogen and oxygen atoms in total. The summed E-state index contributed by atoms with van der Waals surface area (Å²) in [6.45, 7) is 8.50. The fraction of sp³-hybridized carbons (Fsp3) is 0.636. The van der Waals surface area contributed by atoms with E-state index in [1.165, 1.54) is 15.3 Å². The van der Waals surface area contributed by atoms with Crippen LogP contribution in [-0.4, -0.2) is 39.6 Å². The second-order valence-electron chi connectivity index (χ2n) is 9.44. The molecule has 0 aromatic carbocycles. The number of hydrogen-bond acceptors (Lipinski definition) is 6. The Morgan fingerprint density at radius 1 is 1.27 bits per heavy atom. The molecule has 0 spiro atoms. The fourth-order valence-electron chi connectivity index (χ4n) is 3.67. The number of aryl methyl sites for hydroxylation is 2. The molecule has 1 saturated carbocycles. The van der Waals surface area contributed by atoms with Gasteiger partial charge in [0, 0.05) is 25.2 Å². The van der Waals surface area contributed by atoms with Crippen LogP contribution in [-0.2, 0) is 16.1 Å². The fourth-order valence-corrected chi connectivity index (χ4v) is 4.88. The number of carbonyl (C=O) groups excluding carboxylic acids is 1. The lowest BCUT2D eigenvalue weighted by atomic mass is 10.2. The van der Waals surface area contributed by atoms with E-state index in [0.29, 0.717) is 27.1 Å². The highest BCUT2D eigenvalue weighted by atomic mass is 32.1. The highest BCUT2D eigenvalue weighted by Crippen LogP contribution is 2.41. The molecule has 1 aliphatic rings. The van der Waals surface area contributed by atoms with E-state index >= 15 is 0 Å². The smallest absolute Gasteiger partial charge is 0.389 e. The Balaban J connectivity index is 2.00. The molecule has 0 N–H and O–H groups in total. The van der Waals surface area contributed by atoms with Gasteiger partial charge in [0.1, 0.15) is 17.0 Å². The average Bonchev–Trinajstić information content (AvgIpc) is 3.26. The van der Waals surface area contributed by atoms with E-state index in [1.54, 1.807) is 27.7 Å². The molecule has 0 unspecified atom stereocenters. The SMILES string of the molecule is Cc1c(C=NCC(=O)OC(C)(C)C)sc2c1c(=O)n([C@H]1C[C@@H]1C)c(=O)n2CCCC(F)(F)F. The molecule has 0 saturated heterocycles. The van der Waals surface area contributed by atoms with Gasteiger partial charge in [0.2, 0.25) is 0 Å². The number of hydrogen-bond donors (Lipinski definition) is 0. The minimum Gasteiger partial charge on any atom is -0.459 e. The summed E-state index contributed by atoms with van der Waals surface area (Å²) in [5.41, 5.74) is -1.07. The van der Waals surface area contributed by atoms with Gasteiger partial charge in [-0.2, -0.15) is 13.2 Å². The van der Waals surface area contributed by atoms with Crippen LogP contribution in [0.25, 0.3) is 10.2 Å². The number of alkyl halides is 3. The van der Waals surface area contributed by atoms with Crippen LogP contribution < -0.4 is 11.2 Å². The van der Waals surface area contributed by atoms with Gasteiger partial charge in [0.25, 0.3) is 5.56 Å². The zero-order valence-corrected chi connectivity index (χ0v) is 20.1. The Hall–Kier alpha value is -2.43. The van der Waals surface area contributed by atoms with Crippen LogP contribution in [0.3, 0.4) is 0 Å². The predicted molar refractivity (Wildman–Crippen MR) is 121 cm³/mol. The lowest BCUT2D eigenvalue weighted by molar-refractivity contribution is -0.152. The maximum atomic E-state index is 13.2. The number of carbonyl (C=O) groups is 1. The van der Waals surface area contributed by atoms with Gasteiger partial charge in [-0.1, -0.05) is 6.92 Å². The van der Waals surface area contributed by atoms with Gasteiger partial charge in [-0.25, -0.2) is 4.79 Å². The first-order valence-electron chi connectivity index (χ1n) is 10.8. The predicted octanol–water partition coefficient (Wildman–Crippen LogP) is 4.22. The third-order valence-corrected chi connectivity index (χ3v) is 6.62. The van der Waals surface area contributed by atoms with E-state index in [1.807, 2.05) is 6.92 Å². The molecule has 0 aliphatic heterocycles. The Morgan fingerprint density at radius 2 is 1.91 bits per heavy atom. The van der Waals surface area contributed by atoms with Crippen LogP contribution >= 0.6 is 11.3 Å². The molecule has 2 heterocycles. The minimum absolute atomic E-state index is 0.148. The maximum absolute atomic E-state index is 13.2. The number of halogens is 3.